The number of nitrogens with zero attached hydrogens (tertiary/aromatic N) is 4. The van der Waals surface area contributed by atoms with Crippen LogP contribution >= 0.6 is 23.4 Å². The van der Waals surface area contributed by atoms with Crippen LogP contribution in [0.4, 0.5) is 5.69 Å². The minimum absolute atomic E-state index is 0.104. The van der Waals surface area contributed by atoms with Gasteiger partial charge in [-0.2, -0.15) is 22.0 Å². The summed E-state index contributed by atoms with van der Waals surface area (Å²) in [5.41, 5.74) is 8.48. The lowest BCUT2D eigenvalue weighted by atomic mass is 9.93. The van der Waals surface area contributed by atoms with E-state index in [1.807, 2.05) is 105 Å². The molecule has 0 saturated carbocycles. The Hall–Kier alpha value is -4.42. The third kappa shape index (κ3) is 12.6. The van der Waals surface area contributed by atoms with E-state index in [0.29, 0.717) is 30.3 Å². The van der Waals surface area contributed by atoms with Crippen LogP contribution in [-0.4, -0.2) is 62.1 Å². The number of amides is 2. The maximum Gasteiger partial charge on any atom is 0.269 e. The van der Waals surface area contributed by atoms with Crippen molar-refractivity contribution in [1.82, 2.24) is 24.9 Å². The van der Waals surface area contributed by atoms with E-state index in [-0.39, 0.29) is 11.9 Å². The minimum atomic E-state index is -0.907. The standard InChI is InChI=1S/C23H26ClN3O2.C16H21N3O2.C2H6S/c1-15(26-22(28)21-10-11-25-27(21)4)12-18-13-17(8-9-20(18)24)16-6-5-7-19(14-16)23(2,3)29;1-4-9-21-11-19-13(3)16(12(2)18-19)14-5-7-15(8-6-14)17-10-20;1-3-2/h5-11,13-15,29H,12H2,1-4H3,(H,26,28);5-8,10H,4,9,11H2,1-3H3,(H,17,20);1-2H3. The van der Waals surface area contributed by atoms with Gasteiger partial charge in [0, 0.05) is 47.9 Å². The molecule has 0 bridgehead atoms. The molecule has 12 heteroatoms. The van der Waals surface area contributed by atoms with Crippen molar-refractivity contribution >= 4 is 41.4 Å². The molecule has 0 aliphatic heterocycles. The number of nitrogens with one attached hydrogen (secondary N) is 2. The lowest BCUT2D eigenvalue weighted by Gasteiger charge is -2.19. The van der Waals surface area contributed by atoms with Crippen LogP contribution in [0.5, 0.6) is 0 Å². The van der Waals surface area contributed by atoms with Crippen LogP contribution in [0.2, 0.25) is 5.02 Å². The van der Waals surface area contributed by atoms with Crippen molar-refractivity contribution < 1.29 is 19.4 Å². The average molecular weight is 761 g/mol. The molecule has 0 radical (unpaired) electrons. The topological polar surface area (TPSA) is 123 Å². The fraction of sp³-hybridized carbons (Fsp3) is 0.366. The molecule has 10 nitrogen and oxygen atoms in total. The highest BCUT2D eigenvalue weighted by Crippen LogP contribution is 2.30. The fourth-order valence-electron chi connectivity index (χ4n) is 5.60. The molecule has 2 amide bonds. The molecule has 0 fully saturated rings. The number of aliphatic hydroxyl groups is 1. The second-order valence-electron chi connectivity index (χ2n) is 13.2. The summed E-state index contributed by atoms with van der Waals surface area (Å²) in [5.74, 6) is -0.164. The molecule has 0 spiro atoms. The zero-order valence-electron chi connectivity index (χ0n) is 32.2. The van der Waals surface area contributed by atoms with Crippen molar-refractivity contribution in [1.29, 1.82) is 0 Å². The Balaban J connectivity index is 0.000000278. The monoisotopic (exact) mass is 760 g/mol. The average Bonchev–Trinajstić information content (AvgIpc) is 3.67. The van der Waals surface area contributed by atoms with E-state index in [2.05, 4.69) is 27.8 Å². The molecule has 2 aromatic heterocycles. The van der Waals surface area contributed by atoms with E-state index in [0.717, 1.165) is 63.5 Å². The van der Waals surface area contributed by atoms with Gasteiger partial charge in [-0.25, -0.2) is 4.68 Å². The van der Waals surface area contributed by atoms with Gasteiger partial charge in [0.1, 0.15) is 12.4 Å². The predicted molar refractivity (Wildman–Crippen MR) is 218 cm³/mol. The molecule has 1 atom stereocenters. The number of anilines is 1. The number of halogens is 1. The van der Waals surface area contributed by atoms with Crippen LogP contribution in [0.25, 0.3) is 22.3 Å². The van der Waals surface area contributed by atoms with Gasteiger partial charge in [0.15, 0.2) is 0 Å². The third-order valence-corrected chi connectivity index (χ3v) is 8.62. The van der Waals surface area contributed by atoms with Gasteiger partial charge in [-0.3, -0.25) is 14.3 Å². The normalized spacial score (nSPS) is 11.5. The maximum atomic E-state index is 12.4. The molecule has 284 valence electrons. The molecule has 3 N–H and O–H groups in total. The van der Waals surface area contributed by atoms with Crippen molar-refractivity contribution in [2.75, 3.05) is 24.4 Å². The van der Waals surface area contributed by atoms with Gasteiger partial charge < -0.3 is 20.5 Å². The van der Waals surface area contributed by atoms with Crippen molar-refractivity contribution in [3.8, 4) is 22.3 Å². The number of carbonyl (C=O) groups excluding carboxylic acids is 2. The van der Waals surface area contributed by atoms with Crippen molar-refractivity contribution in [2.45, 2.75) is 72.8 Å². The zero-order valence-corrected chi connectivity index (χ0v) is 33.8. The predicted octanol–water partition coefficient (Wildman–Crippen LogP) is 8.43. The molecular formula is C41H53ClN6O4S. The smallest absolute Gasteiger partial charge is 0.269 e. The summed E-state index contributed by atoms with van der Waals surface area (Å²) in [5, 5.41) is 25.1. The number of aromatic nitrogens is 4. The molecular weight excluding hydrogens is 708 g/mol. The first-order valence-corrected chi connectivity index (χ1v) is 19.5. The molecule has 3 aromatic carbocycles. The molecule has 5 rings (SSSR count). The summed E-state index contributed by atoms with van der Waals surface area (Å²) < 4.78 is 8.99. The number of carbonyl (C=O) groups is 2. The van der Waals surface area contributed by atoms with Crippen LogP contribution in [-0.2, 0) is 35.3 Å². The molecule has 53 heavy (non-hydrogen) atoms. The summed E-state index contributed by atoms with van der Waals surface area (Å²) in [6.07, 6.45) is 7.95. The van der Waals surface area contributed by atoms with Gasteiger partial charge in [-0.1, -0.05) is 54.9 Å². The number of rotatable bonds is 13. The Kier molecular flexibility index (Phi) is 16.8. The van der Waals surface area contributed by atoms with E-state index < -0.39 is 5.60 Å². The van der Waals surface area contributed by atoms with Crippen LogP contribution in [0.15, 0.2) is 79.0 Å². The number of ether oxygens (including phenoxy) is 1. The molecule has 2 heterocycles. The van der Waals surface area contributed by atoms with Crippen LogP contribution < -0.4 is 10.6 Å². The van der Waals surface area contributed by atoms with Gasteiger partial charge in [-0.05, 0) is 124 Å². The summed E-state index contributed by atoms with van der Waals surface area (Å²) >= 11 is 8.18. The number of hydrogen-bond donors (Lipinski definition) is 3. The second kappa shape index (κ2) is 20.7. The van der Waals surface area contributed by atoms with Crippen molar-refractivity contribution in [3.63, 3.8) is 0 Å². The number of hydrogen-bond acceptors (Lipinski definition) is 7. The number of aryl methyl sites for hydroxylation is 2. The molecule has 0 aliphatic carbocycles. The lowest BCUT2D eigenvalue weighted by Crippen LogP contribution is -2.35. The highest BCUT2D eigenvalue weighted by molar-refractivity contribution is 7.97. The van der Waals surface area contributed by atoms with Crippen LogP contribution in [0.1, 0.15) is 67.1 Å². The first-order valence-electron chi connectivity index (χ1n) is 17.5. The summed E-state index contributed by atoms with van der Waals surface area (Å²) in [4.78, 5) is 22.8. The quantitative estimate of drug-likeness (QED) is 0.0814. The minimum Gasteiger partial charge on any atom is -0.386 e. The third-order valence-electron chi connectivity index (χ3n) is 8.25. The van der Waals surface area contributed by atoms with Gasteiger partial charge in [0.05, 0.1) is 11.3 Å². The second-order valence-corrected chi connectivity index (χ2v) is 14.4. The molecule has 0 aliphatic rings. The van der Waals surface area contributed by atoms with Gasteiger partial charge in [0.25, 0.3) is 5.91 Å². The SMILES string of the molecule is CC(Cc1cc(-c2cccc(C(C)(C)O)c2)ccc1Cl)NC(=O)c1ccnn1C.CCCOCn1nc(C)c(-c2ccc(NC=O)cc2)c1C.CSC. The van der Waals surface area contributed by atoms with E-state index >= 15 is 0 Å². The number of thioether (sulfide) groups is 1. The van der Waals surface area contributed by atoms with Crippen molar-refractivity contribution in [2.24, 2.45) is 7.05 Å². The summed E-state index contributed by atoms with van der Waals surface area (Å²) in [6, 6.07) is 23.0. The van der Waals surface area contributed by atoms with Crippen molar-refractivity contribution in [3.05, 3.63) is 112 Å². The van der Waals surface area contributed by atoms with Gasteiger partial charge in [0.2, 0.25) is 6.41 Å². The summed E-state index contributed by atoms with van der Waals surface area (Å²) in [6.45, 7) is 12.8. The number of benzene rings is 3. The Labute approximate surface area is 323 Å². The van der Waals surface area contributed by atoms with Crippen LogP contribution in [0, 0.1) is 13.8 Å². The van der Waals surface area contributed by atoms with Gasteiger partial charge >= 0.3 is 0 Å². The Morgan fingerprint density at radius 1 is 1.04 bits per heavy atom. The van der Waals surface area contributed by atoms with E-state index in [1.54, 1.807) is 49.6 Å². The largest absolute Gasteiger partial charge is 0.386 e. The first-order chi connectivity index (χ1) is 25.2. The van der Waals surface area contributed by atoms with E-state index in [1.165, 1.54) is 0 Å². The molecule has 1 unspecified atom stereocenters. The Morgan fingerprint density at radius 3 is 2.30 bits per heavy atom. The zero-order chi connectivity index (χ0) is 39.1. The van der Waals surface area contributed by atoms with E-state index in [4.69, 9.17) is 16.3 Å². The van der Waals surface area contributed by atoms with Crippen LogP contribution in [0.3, 0.4) is 0 Å². The maximum absolute atomic E-state index is 12.4. The Bertz CT molecular complexity index is 1920. The highest BCUT2D eigenvalue weighted by Gasteiger charge is 2.18. The van der Waals surface area contributed by atoms with Gasteiger partial charge in [-0.15, -0.1) is 0 Å². The molecule has 5 aromatic rings. The first kappa shape index (κ1) is 43.0. The summed E-state index contributed by atoms with van der Waals surface area (Å²) in [7, 11) is 1.74. The fourth-order valence-corrected chi connectivity index (χ4v) is 5.80. The highest BCUT2D eigenvalue weighted by atomic mass is 35.5. The van der Waals surface area contributed by atoms with E-state index in [9.17, 15) is 14.7 Å². The lowest BCUT2D eigenvalue weighted by molar-refractivity contribution is -0.105. The Morgan fingerprint density at radius 2 is 1.70 bits per heavy atom. The molecule has 0 saturated heterocycles.